The summed E-state index contributed by atoms with van der Waals surface area (Å²) in [7, 11) is 0. The summed E-state index contributed by atoms with van der Waals surface area (Å²) in [5.41, 5.74) is -0.202. The van der Waals surface area contributed by atoms with Gasteiger partial charge in [0.1, 0.15) is 0 Å². The van der Waals surface area contributed by atoms with Crippen LogP contribution in [0.5, 0.6) is 0 Å². The average Bonchev–Trinajstić information content (AvgIpc) is 3.00. The molecular weight excluding hydrogens is 414 g/mol. The summed E-state index contributed by atoms with van der Waals surface area (Å²) in [4.78, 5) is 15.8. The maximum Gasteiger partial charge on any atom is 0.428 e. The number of hydrogen-bond acceptors (Lipinski definition) is 3. The van der Waals surface area contributed by atoms with E-state index >= 15 is 0 Å². The van der Waals surface area contributed by atoms with Gasteiger partial charge < -0.3 is 0 Å². The van der Waals surface area contributed by atoms with Crippen LogP contribution in [0, 0.1) is 0 Å². The highest BCUT2D eigenvalue weighted by molar-refractivity contribution is 6.34. The first-order chi connectivity index (χ1) is 12.2. The quantitative estimate of drug-likeness (QED) is 0.636. The van der Waals surface area contributed by atoms with E-state index in [-0.39, 0.29) is 31.9 Å². The van der Waals surface area contributed by atoms with E-state index in [0.29, 0.717) is 11.8 Å². The zero-order valence-electron chi connectivity index (χ0n) is 12.7. The number of benzene rings is 2. The van der Waals surface area contributed by atoms with Crippen molar-refractivity contribution in [2.45, 2.75) is 11.8 Å². The van der Waals surface area contributed by atoms with Gasteiger partial charge in [-0.1, -0.05) is 40.9 Å². The van der Waals surface area contributed by atoms with Crippen molar-refractivity contribution in [3.8, 4) is 0 Å². The molecule has 0 fully saturated rings. The third-order valence-corrected chi connectivity index (χ3v) is 4.58. The van der Waals surface area contributed by atoms with Crippen molar-refractivity contribution in [2.24, 2.45) is 0 Å². The summed E-state index contributed by atoms with van der Waals surface area (Å²) in [5.74, 6) is 0. The van der Waals surface area contributed by atoms with Gasteiger partial charge in [0.2, 0.25) is 5.60 Å². The number of hydrogen-bond donors (Lipinski definition) is 1. The van der Waals surface area contributed by atoms with E-state index in [2.05, 4.69) is 5.48 Å². The highest BCUT2D eigenvalue weighted by Gasteiger charge is 2.59. The topological polar surface area (TPSA) is 38.3 Å². The second-order valence-electron chi connectivity index (χ2n) is 5.51. The number of carbonyl (C=O) groups excluding carboxylic acids is 1. The molecule has 9 heteroatoms. The fourth-order valence-electron chi connectivity index (χ4n) is 2.54. The van der Waals surface area contributed by atoms with E-state index in [9.17, 15) is 18.0 Å². The molecule has 136 valence electrons. The van der Waals surface area contributed by atoms with Gasteiger partial charge in [-0.3, -0.25) is 15.1 Å². The van der Waals surface area contributed by atoms with Crippen molar-refractivity contribution in [1.29, 1.82) is 0 Å². The van der Waals surface area contributed by atoms with E-state index in [1.807, 2.05) is 0 Å². The molecule has 3 rings (SSSR count). The van der Waals surface area contributed by atoms with Gasteiger partial charge in [0.15, 0.2) is 6.29 Å². The molecule has 1 atom stereocenters. The van der Waals surface area contributed by atoms with Crippen LogP contribution in [0.2, 0.25) is 15.1 Å². The Labute approximate surface area is 161 Å². The first-order valence-corrected chi connectivity index (χ1v) is 8.25. The Morgan fingerprint density at radius 1 is 1.04 bits per heavy atom. The Balaban J connectivity index is 2.14. The van der Waals surface area contributed by atoms with E-state index in [1.54, 1.807) is 0 Å². The maximum absolute atomic E-state index is 13.9. The summed E-state index contributed by atoms with van der Waals surface area (Å²) in [6.45, 7) is 0. The van der Waals surface area contributed by atoms with Crippen molar-refractivity contribution in [3.63, 3.8) is 0 Å². The molecule has 0 radical (unpaired) electrons. The molecule has 3 nitrogen and oxygen atoms in total. The van der Waals surface area contributed by atoms with E-state index in [4.69, 9.17) is 39.6 Å². The number of halogens is 6. The molecule has 1 N–H and O–H groups in total. The summed E-state index contributed by atoms with van der Waals surface area (Å²) in [6.07, 6.45) is -3.38. The molecule has 2 aromatic rings. The molecule has 1 unspecified atom stereocenters. The van der Waals surface area contributed by atoms with Crippen LogP contribution >= 0.6 is 34.8 Å². The lowest BCUT2D eigenvalue weighted by Crippen LogP contribution is -2.42. The highest BCUT2D eigenvalue weighted by Crippen LogP contribution is 2.48. The van der Waals surface area contributed by atoms with Crippen molar-refractivity contribution in [1.82, 2.24) is 5.48 Å². The Bertz CT molecular complexity index is 894. The zero-order valence-corrected chi connectivity index (χ0v) is 15.0. The predicted molar refractivity (Wildman–Crippen MR) is 93.2 cm³/mol. The Hall–Kier alpha value is -1.73. The lowest BCUT2D eigenvalue weighted by Gasteiger charge is -2.28. The molecule has 0 bridgehead atoms. The number of alkyl halides is 3. The Morgan fingerprint density at radius 2 is 1.69 bits per heavy atom. The van der Waals surface area contributed by atoms with Gasteiger partial charge in [0, 0.05) is 26.7 Å². The van der Waals surface area contributed by atoms with Gasteiger partial charge in [0.25, 0.3) is 0 Å². The van der Waals surface area contributed by atoms with Crippen LogP contribution in [0.4, 0.5) is 13.2 Å². The first kappa shape index (κ1) is 19.0. The molecule has 1 aliphatic heterocycles. The molecule has 0 amide bonds. The summed E-state index contributed by atoms with van der Waals surface area (Å²) >= 11 is 17.6. The first-order valence-electron chi connectivity index (χ1n) is 7.11. The zero-order chi connectivity index (χ0) is 19.1. The van der Waals surface area contributed by atoms with Crippen LogP contribution in [0.3, 0.4) is 0 Å². The molecular formula is C17H9Cl3F3NO2. The average molecular weight is 423 g/mol. The van der Waals surface area contributed by atoms with E-state index < -0.39 is 11.8 Å². The Kier molecular flexibility index (Phi) is 4.96. The minimum Gasteiger partial charge on any atom is -0.298 e. The summed E-state index contributed by atoms with van der Waals surface area (Å²) in [6, 6.07) is 7.80. The molecule has 0 spiro atoms. The molecule has 2 aromatic carbocycles. The number of rotatable bonds is 3. The number of hydroxylamine groups is 1. The third kappa shape index (κ3) is 3.30. The molecule has 1 heterocycles. The van der Waals surface area contributed by atoms with Crippen LogP contribution in [0.15, 0.2) is 42.5 Å². The maximum atomic E-state index is 13.9. The predicted octanol–water partition coefficient (Wildman–Crippen LogP) is 5.79. The lowest BCUT2D eigenvalue weighted by atomic mass is 9.91. The molecule has 1 aliphatic rings. The second kappa shape index (κ2) is 6.78. The highest BCUT2D eigenvalue weighted by atomic mass is 35.5. The fraction of sp³-hybridized carbons (Fsp3) is 0.118. The molecule has 0 saturated heterocycles. The van der Waals surface area contributed by atoms with Crippen molar-refractivity contribution in [2.75, 3.05) is 0 Å². The smallest absolute Gasteiger partial charge is 0.298 e. The molecule has 0 aromatic heterocycles. The van der Waals surface area contributed by atoms with E-state index in [1.165, 1.54) is 24.3 Å². The second-order valence-corrected chi connectivity index (χ2v) is 6.79. The minimum atomic E-state index is -4.80. The number of carbonyl (C=O) groups is 1. The van der Waals surface area contributed by atoms with Gasteiger partial charge in [0.05, 0.1) is 10.7 Å². The SMILES string of the molecule is O=Cc1ccc(C2=CC(c3cc(Cl)cc(Cl)c3)(C(F)(F)F)ON2)cc1Cl. The van der Waals surface area contributed by atoms with Crippen molar-refractivity contribution in [3.05, 3.63) is 74.2 Å². The lowest BCUT2D eigenvalue weighted by molar-refractivity contribution is -0.269. The molecule has 0 saturated carbocycles. The molecule has 26 heavy (non-hydrogen) atoms. The van der Waals surface area contributed by atoms with Crippen LogP contribution in [0.1, 0.15) is 21.5 Å². The molecule has 0 aliphatic carbocycles. The van der Waals surface area contributed by atoms with Gasteiger partial charge >= 0.3 is 6.18 Å². The minimum absolute atomic E-state index is 0.0396. The van der Waals surface area contributed by atoms with Crippen molar-refractivity contribution >= 4 is 46.8 Å². The fourth-order valence-corrected chi connectivity index (χ4v) is 3.30. The third-order valence-electron chi connectivity index (χ3n) is 3.82. The number of nitrogens with one attached hydrogen (secondary N) is 1. The number of aldehydes is 1. The van der Waals surface area contributed by atoms with Crippen LogP contribution in [-0.2, 0) is 10.4 Å². The van der Waals surface area contributed by atoms with E-state index in [0.717, 1.165) is 18.2 Å². The van der Waals surface area contributed by atoms with Gasteiger partial charge in [-0.05, 0) is 36.4 Å². The van der Waals surface area contributed by atoms with Crippen LogP contribution < -0.4 is 5.48 Å². The standard InChI is InChI=1S/C17H9Cl3F3NO2/c18-12-4-11(5-13(19)6-12)16(17(21,22)23)7-15(24-26-16)9-1-2-10(8-25)14(20)3-9/h1-8,24H. The van der Waals surface area contributed by atoms with Crippen molar-refractivity contribution < 1.29 is 22.8 Å². The van der Waals surface area contributed by atoms with Crippen LogP contribution in [-0.4, -0.2) is 12.5 Å². The Morgan fingerprint density at radius 3 is 2.23 bits per heavy atom. The largest absolute Gasteiger partial charge is 0.428 e. The summed E-state index contributed by atoms with van der Waals surface area (Å²) < 4.78 is 41.7. The van der Waals surface area contributed by atoms with Gasteiger partial charge in [-0.15, -0.1) is 0 Å². The van der Waals surface area contributed by atoms with Crippen LogP contribution in [0.25, 0.3) is 5.70 Å². The summed E-state index contributed by atoms with van der Waals surface area (Å²) in [5, 5.41) is 0.190. The van der Waals surface area contributed by atoms with Gasteiger partial charge in [-0.2, -0.15) is 13.2 Å². The van der Waals surface area contributed by atoms with Gasteiger partial charge in [-0.25, -0.2) is 0 Å². The normalized spacial score (nSPS) is 19.8. The monoisotopic (exact) mass is 421 g/mol.